The van der Waals surface area contributed by atoms with Gasteiger partial charge in [-0.15, -0.1) is 10.2 Å². The van der Waals surface area contributed by atoms with Crippen LogP contribution in [0.25, 0.3) is 0 Å². The second-order valence-electron chi connectivity index (χ2n) is 5.68. The van der Waals surface area contributed by atoms with Gasteiger partial charge in [0.1, 0.15) is 5.75 Å². The third-order valence-electron chi connectivity index (χ3n) is 3.80. The number of carbonyl (C=O) groups is 1. The van der Waals surface area contributed by atoms with Gasteiger partial charge in [0.05, 0.1) is 18.6 Å². The Morgan fingerprint density at radius 2 is 2.21 bits per heavy atom. The largest absolute Gasteiger partial charge is 0.495 e. The molecule has 8 heteroatoms. The molecule has 0 saturated heterocycles. The van der Waals surface area contributed by atoms with Gasteiger partial charge in [0.25, 0.3) is 0 Å². The van der Waals surface area contributed by atoms with Crippen molar-refractivity contribution in [2.45, 2.75) is 30.1 Å². The minimum atomic E-state index is 0.0498. The molecule has 128 valence electrons. The van der Waals surface area contributed by atoms with Crippen molar-refractivity contribution in [1.82, 2.24) is 15.5 Å². The first-order valence-electron chi connectivity index (χ1n) is 7.81. The summed E-state index contributed by atoms with van der Waals surface area (Å²) in [7, 11) is 1.63. The molecule has 1 amide bonds. The molecule has 24 heavy (non-hydrogen) atoms. The highest BCUT2D eigenvalue weighted by Crippen LogP contribution is 2.33. The van der Waals surface area contributed by atoms with Crippen molar-refractivity contribution in [3.05, 3.63) is 24.3 Å². The molecule has 1 aromatic heterocycles. The Bertz CT molecular complexity index is 703. The molecule has 0 spiro atoms. The van der Waals surface area contributed by atoms with Crippen LogP contribution in [0.3, 0.4) is 0 Å². The lowest BCUT2D eigenvalue weighted by atomic mass is 10.2. The minimum absolute atomic E-state index is 0.0498. The Kier molecular flexibility index (Phi) is 5.57. The van der Waals surface area contributed by atoms with Gasteiger partial charge in [0, 0.05) is 6.04 Å². The first-order valence-corrected chi connectivity index (χ1v) is 9.61. The molecule has 3 rings (SSSR count). The zero-order valence-electron chi connectivity index (χ0n) is 13.6. The number of aromatic nitrogens is 2. The Balaban J connectivity index is 1.50. The number of amides is 1. The van der Waals surface area contributed by atoms with E-state index in [1.165, 1.54) is 35.9 Å². The molecule has 1 aliphatic carbocycles. The lowest BCUT2D eigenvalue weighted by Crippen LogP contribution is -2.35. The van der Waals surface area contributed by atoms with Crippen molar-refractivity contribution in [2.75, 3.05) is 18.2 Å². The topological polar surface area (TPSA) is 76.1 Å². The van der Waals surface area contributed by atoms with Gasteiger partial charge in [-0.05, 0) is 37.8 Å². The second kappa shape index (κ2) is 7.85. The number of hydrogen-bond acceptors (Lipinski definition) is 7. The summed E-state index contributed by atoms with van der Waals surface area (Å²) in [5.41, 5.74) is 0.837. The molecule has 1 saturated carbocycles. The van der Waals surface area contributed by atoms with Gasteiger partial charge in [-0.1, -0.05) is 35.2 Å². The Morgan fingerprint density at radius 1 is 1.42 bits per heavy atom. The normalized spacial score (nSPS) is 14.9. The number of methoxy groups -OCH3 is 1. The third kappa shape index (κ3) is 4.61. The molecule has 1 fully saturated rings. The standard InChI is InChI=1S/C16H20N4O2S2/c1-10(11-7-8-11)17-14(21)9-23-16-20-19-15(24-16)18-12-5-3-4-6-13(12)22-2/h3-6,10-11H,7-9H2,1-2H3,(H,17,21)(H,18,19)/t10-/m1/s1. The molecule has 0 radical (unpaired) electrons. The molecule has 0 bridgehead atoms. The van der Waals surface area contributed by atoms with Crippen LogP contribution in [0.1, 0.15) is 19.8 Å². The lowest BCUT2D eigenvalue weighted by molar-refractivity contribution is -0.119. The van der Waals surface area contributed by atoms with Crippen LogP contribution in [-0.4, -0.2) is 35.0 Å². The van der Waals surface area contributed by atoms with Gasteiger partial charge < -0.3 is 15.4 Å². The predicted octanol–water partition coefficient (Wildman–Crippen LogP) is 3.30. The van der Waals surface area contributed by atoms with Crippen LogP contribution in [0.15, 0.2) is 28.6 Å². The van der Waals surface area contributed by atoms with Crippen LogP contribution in [0.2, 0.25) is 0 Å². The van der Waals surface area contributed by atoms with Crippen molar-refractivity contribution in [3.63, 3.8) is 0 Å². The highest BCUT2D eigenvalue weighted by atomic mass is 32.2. The van der Waals surface area contributed by atoms with E-state index in [-0.39, 0.29) is 11.9 Å². The summed E-state index contributed by atoms with van der Waals surface area (Å²) in [6.07, 6.45) is 2.45. The van der Waals surface area contributed by atoms with E-state index in [1.54, 1.807) is 7.11 Å². The van der Waals surface area contributed by atoms with E-state index in [1.807, 2.05) is 24.3 Å². The van der Waals surface area contributed by atoms with Crippen LogP contribution < -0.4 is 15.4 Å². The zero-order chi connectivity index (χ0) is 16.9. The summed E-state index contributed by atoms with van der Waals surface area (Å²) in [5, 5.41) is 15.1. The maximum absolute atomic E-state index is 11.9. The fraction of sp³-hybridized carbons (Fsp3) is 0.438. The number of hydrogen-bond donors (Lipinski definition) is 2. The molecule has 0 aliphatic heterocycles. The fourth-order valence-electron chi connectivity index (χ4n) is 2.32. The molecule has 6 nitrogen and oxygen atoms in total. The number of thioether (sulfide) groups is 1. The van der Waals surface area contributed by atoms with Gasteiger partial charge in [0.15, 0.2) is 4.34 Å². The van der Waals surface area contributed by atoms with E-state index in [0.717, 1.165) is 15.8 Å². The van der Waals surface area contributed by atoms with E-state index >= 15 is 0 Å². The van der Waals surface area contributed by atoms with Crippen LogP contribution in [0.4, 0.5) is 10.8 Å². The lowest BCUT2D eigenvalue weighted by Gasteiger charge is -2.11. The number of ether oxygens (including phenoxy) is 1. The van der Waals surface area contributed by atoms with E-state index in [0.29, 0.717) is 16.8 Å². The molecule has 1 aliphatic rings. The van der Waals surface area contributed by atoms with Gasteiger partial charge in [0.2, 0.25) is 11.0 Å². The van der Waals surface area contributed by atoms with Gasteiger partial charge in [-0.2, -0.15) is 0 Å². The maximum Gasteiger partial charge on any atom is 0.230 e. The van der Waals surface area contributed by atoms with Crippen molar-refractivity contribution >= 4 is 39.8 Å². The van der Waals surface area contributed by atoms with Crippen molar-refractivity contribution in [2.24, 2.45) is 5.92 Å². The van der Waals surface area contributed by atoms with Crippen molar-refractivity contribution < 1.29 is 9.53 Å². The Morgan fingerprint density at radius 3 is 2.96 bits per heavy atom. The molecule has 0 unspecified atom stereocenters. The number of anilines is 2. The summed E-state index contributed by atoms with van der Waals surface area (Å²) in [5.74, 6) is 1.82. The smallest absolute Gasteiger partial charge is 0.230 e. The zero-order valence-corrected chi connectivity index (χ0v) is 15.2. The number of para-hydroxylation sites is 2. The first kappa shape index (κ1) is 17.0. The number of rotatable bonds is 8. The second-order valence-corrected chi connectivity index (χ2v) is 7.88. The van der Waals surface area contributed by atoms with E-state index in [4.69, 9.17) is 4.74 Å². The fourth-order valence-corrected chi connectivity index (χ4v) is 3.89. The van der Waals surface area contributed by atoms with Gasteiger partial charge >= 0.3 is 0 Å². The Hall–Kier alpha value is -1.80. The summed E-state index contributed by atoms with van der Waals surface area (Å²) in [4.78, 5) is 11.9. The van der Waals surface area contributed by atoms with Crippen LogP contribution in [0.5, 0.6) is 5.75 Å². The van der Waals surface area contributed by atoms with Gasteiger partial charge in [-0.25, -0.2) is 0 Å². The highest BCUT2D eigenvalue weighted by molar-refractivity contribution is 8.01. The van der Waals surface area contributed by atoms with Crippen molar-refractivity contribution in [1.29, 1.82) is 0 Å². The Labute approximate surface area is 149 Å². The molecule has 1 heterocycles. The molecule has 2 aromatic rings. The van der Waals surface area contributed by atoms with Crippen LogP contribution in [0, 0.1) is 5.92 Å². The number of benzene rings is 1. The monoisotopic (exact) mass is 364 g/mol. The maximum atomic E-state index is 11.9. The quantitative estimate of drug-likeness (QED) is 0.700. The summed E-state index contributed by atoms with van der Waals surface area (Å²) < 4.78 is 6.07. The summed E-state index contributed by atoms with van der Waals surface area (Å²) in [6, 6.07) is 7.90. The molecule has 1 atom stereocenters. The highest BCUT2D eigenvalue weighted by Gasteiger charge is 2.28. The average Bonchev–Trinajstić information content (AvgIpc) is 3.35. The number of nitrogens with zero attached hydrogens (tertiary/aromatic N) is 2. The number of nitrogens with one attached hydrogen (secondary N) is 2. The van der Waals surface area contributed by atoms with E-state index in [2.05, 4.69) is 27.8 Å². The number of carbonyl (C=O) groups excluding carboxylic acids is 1. The van der Waals surface area contributed by atoms with Crippen LogP contribution >= 0.6 is 23.1 Å². The summed E-state index contributed by atoms with van der Waals surface area (Å²) >= 11 is 2.83. The van der Waals surface area contributed by atoms with Gasteiger partial charge in [-0.3, -0.25) is 4.79 Å². The molecular formula is C16H20N4O2S2. The minimum Gasteiger partial charge on any atom is -0.495 e. The van der Waals surface area contributed by atoms with Crippen LogP contribution in [-0.2, 0) is 4.79 Å². The first-order chi connectivity index (χ1) is 11.7. The molecule has 2 N–H and O–H groups in total. The average molecular weight is 364 g/mol. The summed E-state index contributed by atoms with van der Waals surface area (Å²) in [6.45, 7) is 2.07. The SMILES string of the molecule is COc1ccccc1Nc1nnc(SCC(=O)N[C@H](C)C2CC2)s1. The predicted molar refractivity (Wildman–Crippen MR) is 97.2 cm³/mol. The van der Waals surface area contributed by atoms with E-state index < -0.39 is 0 Å². The van der Waals surface area contributed by atoms with Crippen molar-refractivity contribution in [3.8, 4) is 5.75 Å². The molecular weight excluding hydrogens is 344 g/mol. The molecule has 1 aromatic carbocycles. The van der Waals surface area contributed by atoms with E-state index in [9.17, 15) is 4.79 Å². The third-order valence-corrected chi connectivity index (χ3v) is 5.77.